The largest absolute Gasteiger partial charge is 0.353 e. The summed E-state index contributed by atoms with van der Waals surface area (Å²) in [5.41, 5.74) is 0. The predicted octanol–water partition coefficient (Wildman–Crippen LogP) is 3.31. The molecule has 1 aromatic carbocycles. The number of sulfonamides is 1. The molecule has 8 nitrogen and oxygen atoms in total. The van der Waals surface area contributed by atoms with Crippen LogP contribution >= 0.6 is 11.8 Å². The van der Waals surface area contributed by atoms with Crippen LogP contribution in [0.2, 0.25) is 0 Å². The number of nitrogens with one attached hydrogen (secondary N) is 1. The van der Waals surface area contributed by atoms with Crippen LogP contribution in [0.15, 0.2) is 40.4 Å². The number of benzene rings is 1. The molecule has 0 radical (unpaired) electrons. The van der Waals surface area contributed by atoms with Crippen molar-refractivity contribution in [2.75, 3.05) is 18.8 Å². The van der Waals surface area contributed by atoms with Gasteiger partial charge in [0.05, 0.1) is 10.6 Å². The molecule has 1 atom stereocenters. The van der Waals surface area contributed by atoms with E-state index in [2.05, 4.69) is 15.5 Å². The van der Waals surface area contributed by atoms with Gasteiger partial charge in [-0.25, -0.2) is 8.42 Å². The Morgan fingerprint density at radius 3 is 2.52 bits per heavy atom. The second-order valence-corrected chi connectivity index (χ2v) is 11.8. The van der Waals surface area contributed by atoms with E-state index < -0.39 is 10.0 Å². The van der Waals surface area contributed by atoms with E-state index >= 15 is 0 Å². The van der Waals surface area contributed by atoms with E-state index in [1.807, 2.05) is 17.7 Å². The highest BCUT2D eigenvalue weighted by Gasteiger charge is 2.33. The zero-order chi connectivity index (χ0) is 23.3. The van der Waals surface area contributed by atoms with Crippen molar-refractivity contribution in [2.45, 2.75) is 73.4 Å². The first-order chi connectivity index (χ1) is 15.9. The number of thioether (sulfide) groups is 1. The number of carbonyl (C=O) groups excluding carboxylic acids is 1. The summed E-state index contributed by atoms with van der Waals surface area (Å²) in [5.74, 6) is 1.09. The van der Waals surface area contributed by atoms with Crippen molar-refractivity contribution in [3.8, 4) is 0 Å². The van der Waals surface area contributed by atoms with Gasteiger partial charge >= 0.3 is 0 Å². The molecule has 1 saturated heterocycles. The minimum absolute atomic E-state index is 0.0242. The molecular weight excluding hydrogens is 458 g/mol. The van der Waals surface area contributed by atoms with E-state index in [0.29, 0.717) is 28.9 Å². The Morgan fingerprint density at radius 1 is 1.06 bits per heavy atom. The normalized spacial score (nSPS) is 20.9. The van der Waals surface area contributed by atoms with Gasteiger partial charge in [0, 0.05) is 32.1 Å². The molecule has 1 aliphatic carbocycles. The lowest BCUT2D eigenvalue weighted by molar-refractivity contribution is -0.119. The average molecular weight is 492 g/mol. The third-order valence-corrected chi connectivity index (χ3v) is 9.45. The van der Waals surface area contributed by atoms with Crippen LogP contribution in [0.1, 0.15) is 63.1 Å². The topological polar surface area (TPSA) is 97.2 Å². The van der Waals surface area contributed by atoms with E-state index in [4.69, 9.17) is 0 Å². The smallest absolute Gasteiger partial charge is 0.243 e. The Hall–Kier alpha value is -1.91. The highest BCUT2D eigenvalue weighted by molar-refractivity contribution is 7.99. The van der Waals surface area contributed by atoms with Gasteiger partial charge in [-0.15, -0.1) is 10.2 Å². The molecule has 0 unspecified atom stereocenters. The van der Waals surface area contributed by atoms with Crippen molar-refractivity contribution in [3.63, 3.8) is 0 Å². The molecule has 1 aliphatic heterocycles. The van der Waals surface area contributed by atoms with Crippen molar-refractivity contribution in [1.29, 1.82) is 0 Å². The van der Waals surface area contributed by atoms with E-state index in [-0.39, 0.29) is 17.9 Å². The molecule has 1 N–H and O–H groups in total. The first-order valence-electron chi connectivity index (χ1n) is 11.8. The Labute approximate surface area is 200 Å². The summed E-state index contributed by atoms with van der Waals surface area (Å²) < 4.78 is 29.6. The molecule has 180 valence electrons. The third kappa shape index (κ3) is 5.96. The van der Waals surface area contributed by atoms with Gasteiger partial charge in [-0.2, -0.15) is 4.31 Å². The number of carbonyl (C=O) groups is 1. The summed E-state index contributed by atoms with van der Waals surface area (Å²) in [5, 5.41) is 12.5. The van der Waals surface area contributed by atoms with E-state index in [0.717, 1.165) is 31.5 Å². The van der Waals surface area contributed by atoms with Crippen LogP contribution in [0, 0.1) is 0 Å². The Kier molecular flexibility index (Phi) is 8.08. The molecule has 0 bridgehead atoms. The van der Waals surface area contributed by atoms with Gasteiger partial charge in [-0.3, -0.25) is 4.79 Å². The van der Waals surface area contributed by atoms with Crippen LogP contribution in [-0.2, 0) is 21.9 Å². The summed E-state index contributed by atoms with van der Waals surface area (Å²) in [6.45, 7) is 0.893. The van der Waals surface area contributed by atoms with Gasteiger partial charge in [-0.1, -0.05) is 55.6 Å². The van der Waals surface area contributed by atoms with Gasteiger partial charge in [0.2, 0.25) is 15.9 Å². The highest BCUT2D eigenvalue weighted by atomic mass is 32.2. The number of aromatic nitrogens is 3. The number of piperidine rings is 1. The number of hydrogen-bond donors (Lipinski definition) is 1. The molecule has 4 rings (SSSR count). The summed E-state index contributed by atoms with van der Waals surface area (Å²) in [4.78, 5) is 12.8. The first kappa shape index (κ1) is 24.2. The monoisotopic (exact) mass is 491 g/mol. The Morgan fingerprint density at radius 2 is 1.79 bits per heavy atom. The molecule has 1 aromatic heterocycles. The summed E-state index contributed by atoms with van der Waals surface area (Å²) in [6.07, 6.45) is 8.65. The summed E-state index contributed by atoms with van der Waals surface area (Å²) in [6, 6.07) is 8.86. The fourth-order valence-electron chi connectivity index (χ4n) is 4.74. The second kappa shape index (κ2) is 11.0. The van der Waals surface area contributed by atoms with Crippen LogP contribution in [0.5, 0.6) is 0 Å². The Balaban J connectivity index is 1.36. The van der Waals surface area contributed by atoms with Gasteiger partial charge < -0.3 is 9.88 Å². The lowest BCUT2D eigenvalue weighted by Crippen LogP contribution is -2.39. The maximum absolute atomic E-state index is 13.1. The zero-order valence-electron chi connectivity index (χ0n) is 19.1. The van der Waals surface area contributed by atoms with Crippen molar-refractivity contribution < 1.29 is 13.2 Å². The number of rotatable bonds is 7. The van der Waals surface area contributed by atoms with Crippen LogP contribution in [0.3, 0.4) is 0 Å². The molecule has 33 heavy (non-hydrogen) atoms. The van der Waals surface area contributed by atoms with Crippen LogP contribution in [0.25, 0.3) is 0 Å². The van der Waals surface area contributed by atoms with Gasteiger partial charge in [0.15, 0.2) is 5.16 Å². The predicted molar refractivity (Wildman–Crippen MR) is 129 cm³/mol. The lowest BCUT2D eigenvalue weighted by Gasteiger charge is -2.31. The van der Waals surface area contributed by atoms with E-state index in [9.17, 15) is 13.2 Å². The maximum atomic E-state index is 13.1. The molecule has 1 saturated carbocycles. The second-order valence-electron chi connectivity index (χ2n) is 8.96. The molecular formula is C23H33N5O3S2. The molecule has 2 aromatic rings. The van der Waals surface area contributed by atoms with Gasteiger partial charge in [0.25, 0.3) is 0 Å². The standard InChI is InChI=1S/C23H33N5O3S2/c1-27-22(18-10-9-15-28(16-18)33(30,31)20-13-7-4-8-14-20)25-26-23(27)32-17-21(29)24-19-11-5-2-3-6-12-19/h4,7-8,13-14,18-19H,2-3,5-6,9-12,15-17H2,1H3,(H,24,29)/t18-/m1/s1. The fourth-order valence-corrected chi connectivity index (χ4v) is 7.02. The maximum Gasteiger partial charge on any atom is 0.243 e. The Bertz CT molecular complexity index is 1030. The van der Waals surface area contributed by atoms with E-state index in [1.54, 1.807) is 28.6 Å². The van der Waals surface area contributed by atoms with Crippen LogP contribution < -0.4 is 5.32 Å². The minimum atomic E-state index is -3.53. The molecule has 2 heterocycles. The summed E-state index contributed by atoms with van der Waals surface area (Å²) >= 11 is 1.38. The van der Waals surface area contributed by atoms with Crippen molar-refractivity contribution in [2.24, 2.45) is 7.05 Å². The number of hydrogen-bond acceptors (Lipinski definition) is 6. The van der Waals surface area contributed by atoms with Crippen molar-refractivity contribution in [3.05, 3.63) is 36.2 Å². The number of nitrogens with zero attached hydrogens (tertiary/aromatic N) is 4. The molecule has 0 spiro atoms. The van der Waals surface area contributed by atoms with Crippen LogP contribution in [-0.4, -0.2) is 58.3 Å². The molecule has 1 amide bonds. The van der Waals surface area contributed by atoms with Crippen molar-refractivity contribution in [1.82, 2.24) is 24.4 Å². The molecule has 10 heteroatoms. The summed E-state index contributed by atoms with van der Waals surface area (Å²) in [7, 11) is -1.64. The quantitative estimate of drug-likeness (QED) is 0.471. The fraction of sp³-hybridized carbons (Fsp3) is 0.609. The first-order valence-corrected chi connectivity index (χ1v) is 14.2. The molecule has 2 fully saturated rings. The lowest BCUT2D eigenvalue weighted by atomic mass is 9.99. The average Bonchev–Trinajstić information content (AvgIpc) is 3.01. The molecule has 2 aliphatic rings. The van der Waals surface area contributed by atoms with Gasteiger partial charge in [0.1, 0.15) is 5.82 Å². The number of amides is 1. The SMILES string of the molecule is Cn1c(SCC(=O)NC2CCCCCC2)nnc1[C@@H]1CCCN(S(=O)(=O)c2ccccc2)C1. The van der Waals surface area contributed by atoms with Crippen molar-refractivity contribution >= 4 is 27.7 Å². The highest BCUT2D eigenvalue weighted by Crippen LogP contribution is 2.30. The van der Waals surface area contributed by atoms with Gasteiger partial charge in [-0.05, 0) is 37.8 Å². The van der Waals surface area contributed by atoms with E-state index in [1.165, 1.54) is 37.4 Å². The third-order valence-electron chi connectivity index (χ3n) is 6.55. The minimum Gasteiger partial charge on any atom is -0.353 e. The van der Waals surface area contributed by atoms with Crippen LogP contribution in [0.4, 0.5) is 0 Å². The zero-order valence-corrected chi connectivity index (χ0v) is 20.8.